The standard InChI is InChI=1S/C24H32ClN3O3/c1-16(2)28(17(3)4)10-11-31-23-13-21(8-9-22(23)30-5)26-24(29)27-14-18-6-7-20(25)12-19(18)15-27/h6-9,12-13,16-17H,10-11,14-15H2,1-5H3,(H,26,29). The molecule has 2 aromatic carbocycles. The molecule has 3 rings (SSSR count). The van der Waals surface area contributed by atoms with E-state index in [1.54, 1.807) is 12.0 Å². The van der Waals surface area contributed by atoms with Gasteiger partial charge in [-0.1, -0.05) is 17.7 Å². The van der Waals surface area contributed by atoms with Crippen molar-refractivity contribution >= 4 is 23.3 Å². The van der Waals surface area contributed by atoms with Crippen LogP contribution in [-0.2, 0) is 13.1 Å². The van der Waals surface area contributed by atoms with Gasteiger partial charge in [0.05, 0.1) is 7.11 Å². The molecule has 1 aliphatic rings. The van der Waals surface area contributed by atoms with Gasteiger partial charge in [-0.2, -0.15) is 0 Å². The van der Waals surface area contributed by atoms with Gasteiger partial charge < -0.3 is 19.7 Å². The first kappa shape index (κ1) is 23.2. The first-order valence-corrected chi connectivity index (χ1v) is 11.1. The second-order valence-electron chi connectivity index (χ2n) is 8.34. The molecule has 1 aliphatic heterocycles. The van der Waals surface area contributed by atoms with E-state index in [0.717, 1.165) is 17.7 Å². The zero-order valence-electron chi connectivity index (χ0n) is 18.9. The number of anilines is 1. The van der Waals surface area contributed by atoms with Crippen LogP contribution in [0.25, 0.3) is 0 Å². The molecule has 0 saturated carbocycles. The summed E-state index contributed by atoms with van der Waals surface area (Å²) >= 11 is 6.07. The lowest BCUT2D eigenvalue weighted by Gasteiger charge is -2.30. The van der Waals surface area contributed by atoms with Crippen molar-refractivity contribution < 1.29 is 14.3 Å². The van der Waals surface area contributed by atoms with E-state index in [2.05, 4.69) is 37.9 Å². The highest BCUT2D eigenvalue weighted by Crippen LogP contribution is 2.31. The Hall–Kier alpha value is -2.44. The molecule has 168 valence electrons. The Balaban J connectivity index is 1.63. The number of hydrogen-bond donors (Lipinski definition) is 1. The maximum Gasteiger partial charge on any atom is 0.322 e. The number of amides is 2. The number of nitrogens with zero attached hydrogens (tertiary/aromatic N) is 2. The molecule has 1 N–H and O–H groups in total. The molecule has 2 amide bonds. The Morgan fingerprint density at radius 3 is 2.45 bits per heavy atom. The van der Waals surface area contributed by atoms with E-state index in [0.29, 0.717) is 54.0 Å². The number of methoxy groups -OCH3 is 1. The molecule has 0 atom stereocenters. The van der Waals surface area contributed by atoms with E-state index in [1.165, 1.54) is 0 Å². The van der Waals surface area contributed by atoms with Crippen LogP contribution in [0.1, 0.15) is 38.8 Å². The molecule has 0 unspecified atom stereocenters. The number of halogens is 1. The summed E-state index contributed by atoms with van der Waals surface area (Å²) in [6, 6.07) is 11.9. The van der Waals surface area contributed by atoms with Crippen molar-refractivity contribution in [3.63, 3.8) is 0 Å². The number of urea groups is 1. The zero-order chi connectivity index (χ0) is 22.5. The highest BCUT2D eigenvalue weighted by Gasteiger charge is 2.24. The molecule has 31 heavy (non-hydrogen) atoms. The predicted octanol–water partition coefficient (Wildman–Crippen LogP) is 5.39. The summed E-state index contributed by atoms with van der Waals surface area (Å²) in [5.74, 6) is 1.26. The van der Waals surface area contributed by atoms with E-state index in [1.807, 2.05) is 36.4 Å². The van der Waals surface area contributed by atoms with Crippen molar-refractivity contribution in [1.82, 2.24) is 9.80 Å². The van der Waals surface area contributed by atoms with Crippen molar-refractivity contribution in [2.24, 2.45) is 0 Å². The molecule has 0 saturated heterocycles. The van der Waals surface area contributed by atoms with Gasteiger partial charge in [0.25, 0.3) is 0 Å². The van der Waals surface area contributed by atoms with Crippen LogP contribution in [0.3, 0.4) is 0 Å². The van der Waals surface area contributed by atoms with Gasteiger partial charge in [0.2, 0.25) is 0 Å². The molecular formula is C24H32ClN3O3. The maximum atomic E-state index is 12.8. The van der Waals surface area contributed by atoms with Gasteiger partial charge in [-0.3, -0.25) is 4.90 Å². The van der Waals surface area contributed by atoms with Crippen LogP contribution in [0, 0.1) is 0 Å². The smallest absolute Gasteiger partial charge is 0.322 e. The summed E-state index contributed by atoms with van der Waals surface area (Å²) in [5, 5.41) is 3.66. The molecule has 2 aromatic rings. The minimum Gasteiger partial charge on any atom is -0.493 e. The first-order valence-electron chi connectivity index (χ1n) is 10.7. The van der Waals surface area contributed by atoms with Crippen molar-refractivity contribution in [3.8, 4) is 11.5 Å². The fraction of sp³-hybridized carbons (Fsp3) is 0.458. The number of rotatable bonds is 8. The average molecular weight is 446 g/mol. The Kier molecular flexibility index (Phi) is 7.68. The minimum absolute atomic E-state index is 0.158. The van der Waals surface area contributed by atoms with Crippen molar-refractivity contribution in [1.29, 1.82) is 0 Å². The molecule has 0 fully saturated rings. The number of fused-ring (bicyclic) bond motifs is 1. The van der Waals surface area contributed by atoms with Gasteiger partial charge in [0, 0.05) is 48.5 Å². The monoisotopic (exact) mass is 445 g/mol. The largest absolute Gasteiger partial charge is 0.493 e. The molecular weight excluding hydrogens is 414 g/mol. The van der Waals surface area contributed by atoms with Crippen LogP contribution in [-0.4, -0.2) is 48.2 Å². The van der Waals surface area contributed by atoms with Crippen LogP contribution >= 0.6 is 11.6 Å². The molecule has 7 heteroatoms. The molecule has 0 aliphatic carbocycles. The van der Waals surface area contributed by atoms with E-state index >= 15 is 0 Å². The van der Waals surface area contributed by atoms with Crippen LogP contribution in [0.2, 0.25) is 5.02 Å². The second kappa shape index (κ2) is 10.2. The van der Waals surface area contributed by atoms with Crippen molar-refractivity contribution in [2.45, 2.75) is 52.9 Å². The maximum absolute atomic E-state index is 12.8. The van der Waals surface area contributed by atoms with Crippen molar-refractivity contribution in [2.75, 3.05) is 25.6 Å². The first-order chi connectivity index (χ1) is 14.8. The second-order valence-corrected chi connectivity index (χ2v) is 8.78. The molecule has 0 radical (unpaired) electrons. The Morgan fingerprint density at radius 1 is 1.06 bits per heavy atom. The highest BCUT2D eigenvalue weighted by atomic mass is 35.5. The predicted molar refractivity (Wildman–Crippen MR) is 125 cm³/mol. The molecule has 6 nitrogen and oxygen atoms in total. The minimum atomic E-state index is -0.158. The van der Waals surface area contributed by atoms with Gasteiger partial charge >= 0.3 is 6.03 Å². The molecule has 0 aromatic heterocycles. The lowest BCUT2D eigenvalue weighted by atomic mass is 10.1. The number of ether oxygens (including phenoxy) is 2. The summed E-state index contributed by atoms with van der Waals surface area (Å²) in [6.45, 7) is 11.2. The fourth-order valence-electron chi connectivity index (χ4n) is 3.95. The zero-order valence-corrected chi connectivity index (χ0v) is 19.7. The van der Waals surface area contributed by atoms with Crippen LogP contribution < -0.4 is 14.8 Å². The van der Waals surface area contributed by atoms with Gasteiger partial charge in [-0.05, 0) is 63.1 Å². The third-order valence-electron chi connectivity index (χ3n) is 5.53. The van der Waals surface area contributed by atoms with Gasteiger partial charge in [0.1, 0.15) is 6.61 Å². The summed E-state index contributed by atoms with van der Waals surface area (Å²) in [5.41, 5.74) is 2.87. The third-order valence-corrected chi connectivity index (χ3v) is 5.76. The Labute approximate surface area is 190 Å². The van der Waals surface area contributed by atoms with Crippen LogP contribution in [0.5, 0.6) is 11.5 Å². The van der Waals surface area contributed by atoms with E-state index in [4.69, 9.17) is 21.1 Å². The SMILES string of the molecule is COc1ccc(NC(=O)N2Cc3ccc(Cl)cc3C2)cc1OCCN(C(C)C)C(C)C. The molecule has 0 spiro atoms. The molecule has 1 heterocycles. The van der Waals surface area contributed by atoms with E-state index < -0.39 is 0 Å². The highest BCUT2D eigenvalue weighted by molar-refractivity contribution is 6.30. The van der Waals surface area contributed by atoms with Gasteiger partial charge in [-0.15, -0.1) is 0 Å². The van der Waals surface area contributed by atoms with Gasteiger partial charge in [0.15, 0.2) is 11.5 Å². The van der Waals surface area contributed by atoms with Crippen molar-refractivity contribution in [3.05, 3.63) is 52.5 Å². The fourth-order valence-corrected chi connectivity index (χ4v) is 4.14. The van der Waals surface area contributed by atoms with E-state index in [9.17, 15) is 4.79 Å². The number of carbonyl (C=O) groups excluding carboxylic acids is 1. The lowest BCUT2D eigenvalue weighted by molar-refractivity contribution is 0.140. The normalized spacial score (nSPS) is 13.1. The number of hydrogen-bond acceptors (Lipinski definition) is 4. The summed E-state index contributed by atoms with van der Waals surface area (Å²) in [7, 11) is 1.61. The quantitative estimate of drug-likeness (QED) is 0.591. The summed E-state index contributed by atoms with van der Waals surface area (Å²) in [4.78, 5) is 16.9. The van der Waals surface area contributed by atoms with E-state index in [-0.39, 0.29) is 6.03 Å². The Bertz CT molecular complexity index is 909. The average Bonchev–Trinajstić information content (AvgIpc) is 3.14. The summed E-state index contributed by atoms with van der Waals surface area (Å²) in [6.07, 6.45) is 0. The lowest BCUT2D eigenvalue weighted by Crippen LogP contribution is -2.39. The van der Waals surface area contributed by atoms with Gasteiger partial charge in [-0.25, -0.2) is 4.79 Å². The third kappa shape index (κ3) is 5.83. The number of nitrogens with one attached hydrogen (secondary N) is 1. The topological polar surface area (TPSA) is 54.0 Å². The summed E-state index contributed by atoms with van der Waals surface area (Å²) < 4.78 is 11.5. The Morgan fingerprint density at radius 2 is 1.77 bits per heavy atom. The number of carbonyl (C=O) groups is 1. The van der Waals surface area contributed by atoms with Crippen LogP contribution in [0.15, 0.2) is 36.4 Å². The number of benzene rings is 2. The molecule has 0 bridgehead atoms. The van der Waals surface area contributed by atoms with Crippen LogP contribution in [0.4, 0.5) is 10.5 Å².